The summed E-state index contributed by atoms with van der Waals surface area (Å²) in [6, 6.07) is 23.8. The van der Waals surface area contributed by atoms with Crippen LogP contribution in [0.1, 0.15) is 30.0 Å². The van der Waals surface area contributed by atoms with Crippen LogP contribution in [0, 0.1) is 13.8 Å². The van der Waals surface area contributed by atoms with Crippen LogP contribution in [-0.4, -0.2) is 26.6 Å². The average Bonchev–Trinajstić information content (AvgIpc) is 3.45. The van der Waals surface area contributed by atoms with E-state index in [1.807, 2.05) is 97.5 Å². The van der Waals surface area contributed by atoms with Gasteiger partial charge in [0.2, 0.25) is 0 Å². The van der Waals surface area contributed by atoms with Crippen molar-refractivity contribution >= 4 is 46.0 Å². The molecule has 1 aliphatic heterocycles. The van der Waals surface area contributed by atoms with E-state index < -0.39 is 0 Å². The molecule has 186 valence electrons. The number of aryl methyl sites for hydroxylation is 2. The van der Waals surface area contributed by atoms with Crippen molar-refractivity contribution in [1.82, 2.24) is 9.78 Å². The molecular weight excluding hydrogens is 498 g/mol. The van der Waals surface area contributed by atoms with Crippen LogP contribution in [-0.2, 0) is 4.79 Å². The van der Waals surface area contributed by atoms with E-state index in [2.05, 4.69) is 13.0 Å². The van der Waals surface area contributed by atoms with E-state index in [1.54, 1.807) is 4.90 Å². The van der Waals surface area contributed by atoms with E-state index in [9.17, 15) is 4.79 Å². The first kappa shape index (κ1) is 25.0. The van der Waals surface area contributed by atoms with Gasteiger partial charge in [-0.3, -0.25) is 9.69 Å². The van der Waals surface area contributed by atoms with Gasteiger partial charge < -0.3 is 4.74 Å². The van der Waals surface area contributed by atoms with Gasteiger partial charge in [-0.25, -0.2) is 4.68 Å². The number of carbonyl (C=O) groups excluding carboxylic acids is 1. The molecule has 7 heteroatoms. The molecule has 4 aromatic rings. The Labute approximate surface area is 226 Å². The van der Waals surface area contributed by atoms with Crippen LogP contribution in [0.25, 0.3) is 23.0 Å². The minimum Gasteiger partial charge on any atom is -0.493 e. The van der Waals surface area contributed by atoms with Crippen molar-refractivity contribution in [2.24, 2.45) is 0 Å². The summed E-state index contributed by atoms with van der Waals surface area (Å²) >= 11 is 6.90. The first-order valence-corrected chi connectivity index (χ1v) is 13.4. The van der Waals surface area contributed by atoms with E-state index in [4.69, 9.17) is 22.1 Å². The number of thioether (sulfide) groups is 1. The van der Waals surface area contributed by atoms with Crippen LogP contribution in [0.4, 0.5) is 5.69 Å². The Morgan fingerprint density at radius 2 is 1.76 bits per heavy atom. The first-order chi connectivity index (χ1) is 17.9. The van der Waals surface area contributed by atoms with Crippen molar-refractivity contribution in [1.29, 1.82) is 0 Å². The third-order valence-electron chi connectivity index (χ3n) is 6.05. The van der Waals surface area contributed by atoms with Crippen molar-refractivity contribution in [3.63, 3.8) is 0 Å². The number of aromatic nitrogens is 2. The number of rotatable bonds is 7. The largest absolute Gasteiger partial charge is 0.493 e. The molecule has 0 aliphatic carbocycles. The minimum absolute atomic E-state index is 0.128. The SMILES string of the molecule is CCCOc1ccc(-c2nn(-c3ccccc3)cc2C=C2SC(=S)N(c3ccc(C)cc3)C2=O)cc1C. The third-order valence-corrected chi connectivity index (χ3v) is 7.35. The van der Waals surface area contributed by atoms with Crippen LogP contribution < -0.4 is 9.64 Å². The number of carbonyl (C=O) groups is 1. The summed E-state index contributed by atoms with van der Waals surface area (Å²) in [5, 5.41) is 4.92. The fourth-order valence-corrected chi connectivity index (χ4v) is 5.42. The molecule has 0 N–H and O–H groups in total. The summed E-state index contributed by atoms with van der Waals surface area (Å²) in [4.78, 5) is 15.6. The van der Waals surface area contributed by atoms with Crippen molar-refractivity contribution < 1.29 is 9.53 Å². The summed E-state index contributed by atoms with van der Waals surface area (Å²) in [7, 11) is 0. The van der Waals surface area contributed by atoms with Gasteiger partial charge in [0, 0.05) is 17.3 Å². The number of ether oxygens (including phenoxy) is 1. The highest BCUT2D eigenvalue weighted by molar-refractivity contribution is 8.27. The van der Waals surface area contributed by atoms with Crippen molar-refractivity contribution in [2.45, 2.75) is 27.2 Å². The van der Waals surface area contributed by atoms with Crippen LogP contribution in [0.15, 0.2) is 83.9 Å². The van der Waals surface area contributed by atoms with Crippen molar-refractivity contribution in [3.05, 3.63) is 101 Å². The zero-order valence-corrected chi connectivity index (χ0v) is 22.6. The number of nitrogens with zero attached hydrogens (tertiary/aromatic N) is 3. The van der Waals surface area contributed by atoms with Gasteiger partial charge in [-0.05, 0) is 74.4 Å². The van der Waals surface area contributed by atoms with Crippen LogP contribution in [0.3, 0.4) is 0 Å². The molecule has 1 fully saturated rings. The van der Waals surface area contributed by atoms with E-state index in [0.29, 0.717) is 15.8 Å². The molecular formula is C30H27N3O2S2. The lowest BCUT2D eigenvalue weighted by atomic mass is 10.0. The third kappa shape index (κ3) is 5.24. The zero-order chi connectivity index (χ0) is 25.9. The minimum atomic E-state index is -0.128. The quantitative estimate of drug-likeness (QED) is 0.186. The Kier molecular flexibility index (Phi) is 7.26. The van der Waals surface area contributed by atoms with Crippen molar-refractivity contribution in [2.75, 3.05) is 11.5 Å². The van der Waals surface area contributed by atoms with Crippen LogP contribution in [0.2, 0.25) is 0 Å². The monoisotopic (exact) mass is 525 g/mol. The number of hydrogen-bond donors (Lipinski definition) is 0. The summed E-state index contributed by atoms with van der Waals surface area (Å²) < 4.78 is 8.24. The highest BCUT2D eigenvalue weighted by Crippen LogP contribution is 2.38. The first-order valence-electron chi connectivity index (χ1n) is 12.2. The standard InChI is InChI=1S/C30H27N3O2S2/c1-4-16-35-26-15-12-22(17-21(26)3)28-23(19-32(31-28)24-8-6-5-7-9-24)18-27-29(34)33(30(36)37-27)25-13-10-20(2)11-14-25/h5-15,17-19H,4,16H2,1-3H3. The van der Waals surface area contributed by atoms with Gasteiger partial charge in [0.25, 0.3) is 5.91 Å². The van der Waals surface area contributed by atoms with Gasteiger partial charge in [-0.15, -0.1) is 0 Å². The fraction of sp³-hybridized carbons (Fsp3) is 0.167. The Morgan fingerprint density at radius 1 is 1.00 bits per heavy atom. The molecule has 0 atom stereocenters. The molecule has 5 rings (SSSR count). The van der Waals surface area contributed by atoms with E-state index >= 15 is 0 Å². The molecule has 0 saturated carbocycles. The predicted octanol–water partition coefficient (Wildman–Crippen LogP) is 7.35. The number of hydrogen-bond acceptors (Lipinski definition) is 5. The van der Waals surface area contributed by atoms with E-state index in [0.717, 1.165) is 51.5 Å². The van der Waals surface area contributed by atoms with E-state index in [-0.39, 0.29) is 5.91 Å². The van der Waals surface area contributed by atoms with E-state index in [1.165, 1.54) is 11.8 Å². The number of para-hydroxylation sites is 1. The molecule has 0 radical (unpaired) electrons. The highest BCUT2D eigenvalue weighted by Gasteiger charge is 2.33. The lowest BCUT2D eigenvalue weighted by molar-refractivity contribution is -0.113. The average molecular weight is 526 g/mol. The number of benzene rings is 3. The van der Waals surface area contributed by atoms with Gasteiger partial charge in [0.1, 0.15) is 11.4 Å². The number of anilines is 1. The van der Waals surface area contributed by atoms with Gasteiger partial charge in [-0.2, -0.15) is 5.10 Å². The Bertz CT molecular complexity index is 1490. The molecule has 0 unspecified atom stereocenters. The molecule has 1 amide bonds. The van der Waals surface area contributed by atoms with Gasteiger partial charge >= 0.3 is 0 Å². The molecule has 2 heterocycles. The smallest absolute Gasteiger partial charge is 0.270 e. The number of thiocarbonyl (C=S) groups is 1. The lowest BCUT2D eigenvalue weighted by Crippen LogP contribution is -2.27. The van der Waals surface area contributed by atoms with Crippen LogP contribution in [0.5, 0.6) is 5.75 Å². The molecule has 0 spiro atoms. The van der Waals surface area contributed by atoms with Crippen LogP contribution >= 0.6 is 24.0 Å². The Balaban J connectivity index is 1.56. The fourth-order valence-electron chi connectivity index (χ4n) is 4.13. The maximum Gasteiger partial charge on any atom is 0.270 e. The molecule has 0 bridgehead atoms. The zero-order valence-electron chi connectivity index (χ0n) is 21.0. The second kappa shape index (κ2) is 10.7. The highest BCUT2D eigenvalue weighted by atomic mass is 32.2. The predicted molar refractivity (Wildman–Crippen MR) is 156 cm³/mol. The second-order valence-electron chi connectivity index (χ2n) is 8.89. The van der Waals surface area contributed by atoms with Gasteiger partial charge in [0.05, 0.1) is 22.9 Å². The molecule has 5 nitrogen and oxygen atoms in total. The Morgan fingerprint density at radius 3 is 2.46 bits per heavy atom. The number of amides is 1. The maximum absolute atomic E-state index is 13.4. The van der Waals surface area contributed by atoms with Gasteiger partial charge in [0.15, 0.2) is 4.32 Å². The molecule has 3 aromatic carbocycles. The lowest BCUT2D eigenvalue weighted by Gasteiger charge is -2.14. The molecule has 1 saturated heterocycles. The summed E-state index contributed by atoms with van der Waals surface area (Å²) in [6.07, 6.45) is 4.81. The molecule has 1 aliphatic rings. The topological polar surface area (TPSA) is 47.4 Å². The summed E-state index contributed by atoms with van der Waals surface area (Å²) in [6.45, 7) is 6.82. The van der Waals surface area contributed by atoms with Gasteiger partial charge in [-0.1, -0.05) is 66.8 Å². The molecule has 1 aromatic heterocycles. The summed E-state index contributed by atoms with van der Waals surface area (Å²) in [5.41, 5.74) is 6.46. The summed E-state index contributed by atoms with van der Waals surface area (Å²) in [5.74, 6) is 0.741. The molecule has 37 heavy (non-hydrogen) atoms. The van der Waals surface area contributed by atoms with Crippen molar-refractivity contribution in [3.8, 4) is 22.7 Å². The normalized spacial score (nSPS) is 14.6. The second-order valence-corrected chi connectivity index (χ2v) is 10.6. The Hall–Kier alpha value is -3.68. The maximum atomic E-state index is 13.4.